The van der Waals surface area contributed by atoms with E-state index in [1.54, 1.807) is 25.2 Å². The molecule has 110 valence electrons. The third-order valence-corrected chi connectivity index (χ3v) is 3.63. The molecule has 2 aromatic carbocycles. The lowest BCUT2D eigenvalue weighted by Gasteiger charge is -2.18. The molecule has 4 N–H and O–H groups in total. The Bertz CT molecular complexity index is 658. The molecular weight excluding hydrogens is 286 g/mol. The van der Waals surface area contributed by atoms with Crippen molar-refractivity contribution < 1.29 is 4.79 Å². The number of hydrogen-bond donors (Lipinski definition) is 3. The second-order valence-electron chi connectivity index (χ2n) is 4.77. The molecular formula is C16H18ClN3O. The molecule has 0 bridgehead atoms. The molecule has 0 aliphatic rings. The number of carbonyl (C=O) groups is 1. The summed E-state index contributed by atoms with van der Waals surface area (Å²) in [5.41, 5.74) is 8.83. The van der Waals surface area contributed by atoms with Crippen LogP contribution >= 0.6 is 11.6 Å². The summed E-state index contributed by atoms with van der Waals surface area (Å²) >= 11 is 6.19. The number of nitrogens with one attached hydrogen (secondary N) is 2. The first-order chi connectivity index (χ1) is 10.0. The maximum atomic E-state index is 11.6. The second kappa shape index (κ2) is 6.50. The predicted octanol–water partition coefficient (Wildman–Crippen LogP) is 3.45. The van der Waals surface area contributed by atoms with Gasteiger partial charge in [-0.3, -0.25) is 4.79 Å². The Morgan fingerprint density at radius 2 is 1.95 bits per heavy atom. The number of hydrogen-bond acceptors (Lipinski definition) is 3. The molecule has 1 amide bonds. The Labute approximate surface area is 129 Å². The Balaban J connectivity index is 2.20. The Hall–Kier alpha value is -2.20. The number of nitrogens with two attached hydrogens (primary N) is 1. The van der Waals surface area contributed by atoms with Crippen LogP contribution in [0, 0.1) is 0 Å². The third kappa shape index (κ3) is 3.47. The van der Waals surface area contributed by atoms with Gasteiger partial charge in [0, 0.05) is 17.6 Å². The van der Waals surface area contributed by atoms with Gasteiger partial charge in [0.1, 0.15) is 0 Å². The van der Waals surface area contributed by atoms with Gasteiger partial charge in [0.05, 0.1) is 17.4 Å². The van der Waals surface area contributed by atoms with Crippen LogP contribution in [-0.2, 0) is 0 Å². The molecule has 0 radical (unpaired) electrons. The molecule has 5 heteroatoms. The van der Waals surface area contributed by atoms with Crippen LogP contribution in [0.2, 0.25) is 5.02 Å². The van der Waals surface area contributed by atoms with E-state index in [4.69, 9.17) is 17.3 Å². The highest BCUT2D eigenvalue weighted by Gasteiger charge is 2.12. The van der Waals surface area contributed by atoms with Crippen LogP contribution in [-0.4, -0.2) is 13.0 Å². The first kappa shape index (κ1) is 15.2. The fourth-order valence-electron chi connectivity index (χ4n) is 2.12. The summed E-state index contributed by atoms with van der Waals surface area (Å²) in [7, 11) is 1.59. The van der Waals surface area contributed by atoms with E-state index in [9.17, 15) is 4.79 Å². The Morgan fingerprint density at radius 3 is 2.57 bits per heavy atom. The van der Waals surface area contributed by atoms with Crippen LogP contribution in [0.3, 0.4) is 0 Å². The first-order valence-electron chi connectivity index (χ1n) is 6.65. The fourth-order valence-corrected chi connectivity index (χ4v) is 2.42. The minimum Gasteiger partial charge on any atom is -0.397 e. The SMILES string of the molecule is CNC(=O)c1ccc(NC(C)c2ccccc2Cl)c(N)c1. The van der Waals surface area contributed by atoms with Gasteiger partial charge >= 0.3 is 0 Å². The van der Waals surface area contributed by atoms with Crippen molar-refractivity contribution in [2.24, 2.45) is 0 Å². The van der Waals surface area contributed by atoms with Crippen molar-refractivity contribution in [1.82, 2.24) is 5.32 Å². The van der Waals surface area contributed by atoms with Crippen molar-refractivity contribution in [3.8, 4) is 0 Å². The first-order valence-corrected chi connectivity index (χ1v) is 7.03. The zero-order valence-corrected chi connectivity index (χ0v) is 12.7. The quantitative estimate of drug-likeness (QED) is 0.758. The minimum absolute atomic E-state index is 0.00634. The van der Waals surface area contributed by atoms with Gasteiger partial charge in [-0.05, 0) is 36.8 Å². The van der Waals surface area contributed by atoms with Crippen molar-refractivity contribution in [1.29, 1.82) is 0 Å². The lowest BCUT2D eigenvalue weighted by molar-refractivity contribution is 0.0963. The molecule has 1 unspecified atom stereocenters. The van der Waals surface area contributed by atoms with Crippen LogP contribution < -0.4 is 16.4 Å². The zero-order chi connectivity index (χ0) is 15.4. The molecule has 21 heavy (non-hydrogen) atoms. The number of carbonyl (C=O) groups excluding carboxylic acids is 1. The number of halogens is 1. The van der Waals surface area contributed by atoms with Crippen molar-refractivity contribution in [2.75, 3.05) is 18.1 Å². The van der Waals surface area contributed by atoms with Crippen LogP contribution in [0.4, 0.5) is 11.4 Å². The summed E-state index contributed by atoms with van der Waals surface area (Å²) in [5.74, 6) is -0.160. The normalized spacial score (nSPS) is 11.8. The van der Waals surface area contributed by atoms with Crippen LogP contribution in [0.25, 0.3) is 0 Å². The lowest BCUT2D eigenvalue weighted by atomic mass is 10.1. The number of nitrogen functional groups attached to an aromatic ring is 1. The number of benzene rings is 2. The van der Waals surface area contributed by atoms with Gasteiger partial charge in [-0.2, -0.15) is 0 Å². The van der Waals surface area contributed by atoms with Crippen molar-refractivity contribution in [3.05, 3.63) is 58.6 Å². The summed E-state index contributed by atoms with van der Waals surface area (Å²) < 4.78 is 0. The Morgan fingerprint density at radius 1 is 1.24 bits per heavy atom. The van der Waals surface area contributed by atoms with Gasteiger partial charge in [0.25, 0.3) is 5.91 Å². The van der Waals surface area contributed by atoms with E-state index in [0.29, 0.717) is 16.3 Å². The second-order valence-corrected chi connectivity index (χ2v) is 5.18. The topological polar surface area (TPSA) is 67.2 Å². The van der Waals surface area contributed by atoms with Gasteiger partial charge in [-0.25, -0.2) is 0 Å². The summed E-state index contributed by atoms with van der Waals surface area (Å²) in [5, 5.41) is 6.59. The van der Waals surface area contributed by atoms with E-state index in [-0.39, 0.29) is 11.9 Å². The monoisotopic (exact) mass is 303 g/mol. The van der Waals surface area contributed by atoms with Crippen molar-refractivity contribution in [2.45, 2.75) is 13.0 Å². The van der Waals surface area contributed by atoms with Crippen LogP contribution in [0.1, 0.15) is 28.9 Å². The van der Waals surface area contributed by atoms with E-state index in [0.717, 1.165) is 11.3 Å². The van der Waals surface area contributed by atoms with Gasteiger partial charge in [-0.15, -0.1) is 0 Å². The van der Waals surface area contributed by atoms with E-state index in [1.165, 1.54) is 0 Å². The minimum atomic E-state index is -0.160. The van der Waals surface area contributed by atoms with E-state index < -0.39 is 0 Å². The zero-order valence-electron chi connectivity index (χ0n) is 12.0. The molecule has 0 aliphatic carbocycles. The number of anilines is 2. The lowest BCUT2D eigenvalue weighted by Crippen LogP contribution is -2.18. The molecule has 0 saturated heterocycles. The summed E-state index contributed by atoms with van der Waals surface area (Å²) in [6.07, 6.45) is 0. The molecule has 4 nitrogen and oxygen atoms in total. The highest BCUT2D eigenvalue weighted by Crippen LogP contribution is 2.28. The number of rotatable bonds is 4. The predicted molar refractivity (Wildman–Crippen MR) is 87.7 cm³/mol. The maximum Gasteiger partial charge on any atom is 0.251 e. The molecule has 0 aliphatic heterocycles. The smallest absolute Gasteiger partial charge is 0.251 e. The summed E-state index contributed by atoms with van der Waals surface area (Å²) in [4.78, 5) is 11.6. The average molecular weight is 304 g/mol. The highest BCUT2D eigenvalue weighted by molar-refractivity contribution is 6.31. The fraction of sp³-hybridized carbons (Fsp3) is 0.188. The van der Waals surface area contributed by atoms with E-state index in [1.807, 2.05) is 31.2 Å². The standard InChI is InChI=1S/C16H18ClN3O/c1-10(12-5-3-4-6-13(12)17)20-15-8-7-11(9-14(15)18)16(21)19-2/h3-10,20H,18H2,1-2H3,(H,19,21). The molecule has 2 rings (SSSR count). The van der Waals surface area contributed by atoms with E-state index >= 15 is 0 Å². The molecule has 0 heterocycles. The molecule has 0 fully saturated rings. The van der Waals surface area contributed by atoms with Crippen LogP contribution in [0.5, 0.6) is 0 Å². The molecule has 0 aromatic heterocycles. The van der Waals surface area contributed by atoms with Crippen molar-refractivity contribution in [3.63, 3.8) is 0 Å². The van der Waals surface area contributed by atoms with Crippen molar-refractivity contribution >= 4 is 28.9 Å². The molecule has 2 aromatic rings. The van der Waals surface area contributed by atoms with E-state index in [2.05, 4.69) is 10.6 Å². The maximum absolute atomic E-state index is 11.6. The van der Waals surface area contributed by atoms with Crippen LogP contribution in [0.15, 0.2) is 42.5 Å². The van der Waals surface area contributed by atoms with Gasteiger partial charge in [-0.1, -0.05) is 29.8 Å². The molecule has 0 saturated carbocycles. The summed E-state index contributed by atoms with van der Waals surface area (Å²) in [6, 6.07) is 12.8. The summed E-state index contributed by atoms with van der Waals surface area (Å²) in [6.45, 7) is 2.01. The van der Waals surface area contributed by atoms with Gasteiger partial charge in [0.15, 0.2) is 0 Å². The van der Waals surface area contributed by atoms with Gasteiger partial charge < -0.3 is 16.4 Å². The average Bonchev–Trinajstić information content (AvgIpc) is 2.48. The largest absolute Gasteiger partial charge is 0.397 e. The number of amides is 1. The highest BCUT2D eigenvalue weighted by atomic mass is 35.5. The molecule has 0 spiro atoms. The molecule has 1 atom stereocenters. The Kier molecular flexibility index (Phi) is 4.70. The van der Waals surface area contributed by atoms with Gasteiger partial charge in [0.2, 0.25) is 0 Å². The third-order valence-electron chi connectivity index (χ3n) is 3.28.